The van der Waals surface area contributed by atoms with E-state index in [9.17, 15) is 23.1 Å². The van der Waals surface area contributed by atoms with Crippen molar-refractivity contribution in [2.75, 3.05) is 39.4 Å². The molecule has 3 rings (SSSR count). The maximum Gasteiger partial charge on any atom is 0.416 e. The number of morpholine rings is 1. The second-order valence-corrected chi connectivity index (χ2v) is 6.46. The van der Waals surface area contributed by atoms with Gasteiger partial charge in [0.1, 0.15) is 0 Å². The number of halogens is 3. The van der Waals surface area contributed by atoms with Crippen molar-refractivity contribution in [1.29, 1.82) is 0 Å². The maximum absolute atomic E-state index is 12.9. The average molecular weight is 358 g/mol. The number of benzene rings is 1. The predicted octanol–water partition coefficient (Wildman–Crippen LogP) is 1.67. The van der Waals surface area contributed by atoms with E-state index < -0.39 is 23.9 Å². The number of rotatable bonds is 3. The molecule has 138 valence electrons. The normalized spacial score (nSPS) is 25.4. The first-order chi connectivity index (χ1) is 11.8. The summed E-state index contributed by atoms with van der Waals surface area (Å²) in [6, 6.07) is 4.46. The number of carbonyl (C=O) groups excluding carboxylic acids is 1. The van der Waals surface area contributed by atoms with E-state index >= 15 is 0 Å². The molecule has 2 aliphatic rings. The molecule has 1 N–H and O–H groups in total. The zero-order chi connectivity index (χ0) is 18.0. The van der Waals surface area contributed by atoms with Gasteiger partial charge in [0.05, 0.1) is 37.5 Å². The Labute approximate surface area is 144 Å². The summed E-state index contributed by atoms with van der Waals surface area (Å²) in [4.78, 5) is 16.1. The van der Waals surface area contributed by atoms with E-state index in [2.05, 4.69) is 0 Å². The molecule has 0 aromatic heterocycles. The molecule has 2 unspecified atom stereocenters. The third kappa shape index (κ3) is 4.31. The van der Waals surface area contributed by atoms with Crippen molar-refractivity contribution in [3.8, 4) is 0 Å². The lowest BCUT2D eigenvalue weighted by Gasteiger charge is -2.30. The molecule has 1 amide bonds. The Morgan fingerprint density at radius 1 is 1.28 bits per heavy atom. The minimum Gasteiger partial charge on any atom is -0.391 e. The molecular weight excluding hydrogens is 337 g/mol. The highest BCUT2D eigenvalue weighted by atomic mass is 19.4. The van der Waals surface area contributed by atoms with Gasteiger partial charge in [-0.3, -0.25) is 9.69 Å². The number of aliphatic hydroxyl groups is 1. The average Bonchev–Trinajstić information content (AvgIpc) is 2.97. The van der Waals surface area contributed by atoms with Crippen LogP contribution >= 0.6 is 0 Å². The van der Waals surface area contributed by atoms with Gasteiger partial charge in [-0.2, -0.15) is 13.2 Å². The van der Waals surface area contributed by atoms with Crippen molar-refractivity contribution in [3.05, 3.63) is 35.4 Å². The van der Waals surface area contributed by atoms with Crippen LogP contribution in [0.1, 0.15) is 23.6 Å². The molecule has 8 heteroatoms. The minimum absolute atomic E-state index is 0.143. The fraction of sp³-hybridized carbons (Fsp3) is 0.588. The molecule has 0 radical (unpaired) electrons. The van der Waals surface area contributed by atoms with Gasteiger partial charge >= 0.3 is 6.18 Å². The van der Waals surface area contributed by atoms with E-state index in [1.807, 2.05) is 4.90 Å². The number of likely N-dealkylation sites (tertiary alicyclic amines) is 1. The highest BCUT2D eigenvalue weighted by molar-refractivity contribution is 5.79. The molecule has 1 aromatic carbocycles. The SMILES string of the molecule is O=C(CN1CCOCC1)N1CC(O)CC1c1cccc(C(F)(F)F)c1. The Balaban J connectivity index is 1.76. The summed E-state index contributed by atoms with van der Waals surface area (Å²) in [7, 11) is 0. The number of aliphatic hydroxyl groups excluding tert-OH is 1. The first-order valence-corrected chi connectivity index (χ1v) is 8.29. The Kier molecular flexibility index (Phi) is 5.31. The molecule has 1 aromatic rings. The first kappa shape index (κ1) is 18.2. The summed E-state index contributed by atoms with van der Waals surface area (Å²) < 4.78 is 44.1. The van der Waals surface area contributed by atoms with Crippen LogP contribution < -0.4 is 0 Å². The quantitative estimate of drug-likeness (QED) is 0.893. The number of alkyl halides is 3. The van der Waals surface area contributed by atoms with Crippen molar-refractivity contribution in [3.63, 3.8) is 0 Å². The Bertz CT molecular complexity index is 617. The summed E-state index contributed by atoms with van der Waals surface area (Å²) in [6.07, 6.45) is -4.92. The van der Waals surface area contributed by atoms with Crippen molar-refractivity contribution in [2.45, 2.75) is 24.7 Å². The molecule has 2 aliphatic heterocycles. The summed E-state index contributed by atoms with van der Waals surface area (Å²) in [5.41, 5.74) is -0.339. The lowest BCUT2D eigenvalue weighted by atomic mass is 10.0. The second kappa shape index (κ2) is 7.31. The van der Waals surface area contributed by atoms with E-state index in [4.69, 9.17) is 4.74 Å². The van der Waals surface area contributed by atoms with E-state index in [1.165, 1.54) is 11.0 Å². The first-order valence-electron chi connectivity index (χ1n) is 8.29. The number of ether oxygens (including phenoxy) is 1. The van der Waals surface area contributed by atoms with Crippen LogP contribution in [0.5, 0.6) is 0 Å². The largest absolute Gasteiger partial charge is 0.416 e. The third-order valence-corrected chi connectivity index (χ3v) is 4.66. The Morgan fingerprint density at radius 2 is 2.00 bits per heavy atom. The number of hydrogen-bond donors (Lipinski definition) is 1. The molecule has 2 saturated heterocycles. The summed E-state index contributed by atoms with van der Waals surface area (Å²) >= 11 is 0. The van der Waals surface area contributed by atoms with Crippen LogP contribution in [-0.2, 0) is 15.7 Å². The predicted molar refractivity (Wildman–Crippen MR) is 83.8 cm³/mol. The van der Waals surface area contributed by atoms with Crippen LogP contribution in [0.3, 0.4) is 0 Å². The van der Waals surface area contributed by atoms with E-state index in [1.54, 1.807) is 6.07 Å². The fourth-order valence-electron chi connectivity index (χ4n) is 3.37. The zero-order valence-electron chi connectivity index (χ0n) is 13.7. The van der Waals surface area contributed by atoms with Crippen molar-refractivity contribution in [2.24, 2.45) is 0 Å². The monoisotopic (exact) mass is 358 g/mol. The molecule has 2 atom stereocenters. The fourth-order valence-corrected chi connectivity index (χ4v) is 3.37. The van der Waals surface area contributed by atoms with Gasteiger partial charge in [-0.25, -0.2) is 0 Å². The molecule has 0 saturated carbocycles. The van der Waals surface area contributed by atoms with Gasteiger partial charge in [-0.05, 0) is 24.1 Å². The van der Waals surface area contributed by atoms with Crippen LogP contribution in [0.25, 0.3) is 0 Å². The summed E-state index contributed by atoms with van der Waals surface area (Å²) in [5.74, 6) is -0.180. The Morgan fingerprint density at radius 3 is 2.68 bits per heavy atom. The van der Waals surface area contributed by atoms with Gasteiger partial charge < -0.3 is 14.7 Å². The maximum atomic E-state index is 12.9. The lowest BCUT2D eigenvalue weighted by Crippen LogP contribution is -2.44. The smallest absolute Gasteiger partial charge is 0.391 e. The highest BCUT2D eigenvalue weighted by Crippen LogP contribution is 2.36. The number of hydrogen-bond acceptors (Lipinski definition) is 4. The van der Waals surface area contributed by atoms with Crippen molar-refractivity contribution >= 4 is 5.91 Å². The topological polar surface area (TPSA) is 53.0 Å². The molecule has 2 heterocycles. The number of carbonyl (C=O) groups is 1. The summed E-state index contributed by atoms with van der Waals surface area (Å²) in [6.45, 7) is 2.75. The molecule has 5 nitrogen and oxygen atoms in total. The van der Waals surface area contributed by atoms with Gasteiger partial charge in [-0.15, -0.1) is 0 Å². The number of amides is 1. The molecule has 25 heavy (non-hydrogen) atoms. The molecule has 0 spiro atoms. The molecule has 0 bridgehead atoms. The van der Waals surface area contributed by atoms with Crippen LogP contribution in [0, 0.1) is 0 Å². The molecule has 0 aliphatic carbocycles. The van der Waals surface area contributed by atoms with E-state index in [0.717, 1.165) is 12.1 Å². The van der Waals surface area contributed by atoms with Gasteiger partial charge in [0, 0.05) is 19.6 Å². The number of β-amino-alcohol motifs (C(OH)–C–C–N with tert-alkyl or cyclic N) is 1. The van der Waals surface area contributed by atoms with Gasteiger partial charge in [0.2, 0.25) is 5.91 Å². The van der Waals surface area contributed by atoms with Crippen LogP contribution in [-0.4, -0.2) is 66.3 Å². The van der Waals surface area contributed by atoms with Crippen LogP contribution in [0.4, 0.5) is 13.2 Å². The highest BCUT2D eigenvalue weighted by Gasteiger charge is 2.37. The van der Waals surface area contributed by atoms with E-state index in [0.29, 0.717) is 31.9 Å². The van der Waals surface area contributed by atoms with Crippen LogP contribution in [0.15, 0.2) is 24.3 Å². The zero-order valence-corrected chi connectivity index (χ0v) is 13.7. The molecular formula is C17H21F3N2O3. The van der Waals surface area contributed by atoms with Gasteiger partial charge in [0.25, 0.3) is 0 Å². The van der Waals surface area contributed by atoms with Gasteiger partial charge in [0.15, 0.2) is 0 Å². The summed E-state index contributed by atoms with van der Waals surface area (Å²) in [5, 5.41) is 9.97. The minimum atomic E-state index is -4.43. The van der Waals surface area contributed by atoms with Gasteiger partial charge in [-0.1, -0.05) is 12.1 Å². The Hall–Kier alpha value is -1.64. The van der Waals surface area contributed by atoms with Crippen molar-refractivity contribution < 1.29 is 27.8 Å². The standard InChI is InChI=1S/C17H21F3N2O3/c18-17(19,20)13-3-1-2-12(8-13)15-9-14(23)10-22(15)16(24)11-21-4-6-25-7-5-21/h1-3,8,14-15,23H,4-7,9-11H2. The third-order valence-electron chi connectivity index (χ3n) is 4.66. The lowest BCUT2D eigenvalue weighted by molar-refractivity contribution is -0.137. The number of nitrogens with zero attached hydrogens (tertiary/aromatic N) is 2. The van der Waals surface area contributed by atoms with E-state index in [-0.39, 0.29) is 25.4 Å². The molecule has 2 fully saturated rings. The van der Waals surface area contributed by atoms with Crippen LogP contribution in [0.2, 0.25) is 0 Å². The van der Waals surface area contributed by atoms with Crippen molar-refractivity contribution in [1.82, 2.24) is 9.80 Å². The second-order valence-electron chi connectivity index (χ2n) is 6.46.